The van der Waals surface area contributed by atoms with Crippen LogP contribution in [0.25, 0.3) is 5.57 Å². The molecule has 210 valence electrons. The van der Waals surface area contributed by atoms with E-state index < -0.39 is 28.2 Å². The van der Waals surface area contributed by atoms with E-state index in [2.05, 4.69) is 35.1 Å². The molecule has 4 rings (SSSR count). The fourth-order valence-electron chi connectivity index (χ4n) is 4.73. The lowest BCUT2D eigenvalue weighted by Gasteiger charge is -2.43. The topological polar surface area (TPSA) is 144 Å². The van der Waals surface area contributed by atoms with Crippen molar-refractivity contribution in [3.8, 4) is 5.75 Å². The predicted molar refractivity (Wildman–Crippen MR) is 147 cm³/mol. The first-order valence-corrected chi connectivity index (χ1v) is 12.9. The third-order valence-electron chi connectivity index (χ3n) is 6.65. The Labute approximate surface area is 235 Å². The molecular weight excluding hydrogens is 542 g/mol. The molecule has 2 heterocycles. The van der Waals surface area contributed by atoms with Crippen molar-refractivity contribution >= 4 is 57.7 Å². The molecule has 0 N–H and O–H groups in total. The van der Waals surface area contributed by atoms with Gasteiger partial charge >= 0.3 is 5.97 Å². The quantitative estimate of drug-likeness (QED) is 0.153. The second kappa shape index (κ2) is 11.4. The number of anilines is 1. The third kappa shape index (κ3) is 5.96. The van der Waals surface area contributed by atoms with Gasteiger partial charge in [-0.05, 0) is 44.9 Å². The lowest BCUT2D eigenvalue weighted by atomic mass is 9.88. The Kier molecular flexibility index (Phi) is 8.19. The SMILES string of the molecule is COc1cc2c(cc1N=Nc1ccc([N+](=O)[O-])cc1Cl)C(C)=CC(C)(C)N2CCCC(=O)ON1C(=O)CCC1=O. The molecule has 2 aromatic carbocycles. The smallest absolute Gasteiger partial charge is 0.333 e. The summed E-state index contributed by atoms with van der Waals surface area (Å²) in [6, 6.07) is 7.62. The number of non-ortho nitro benzene ring substituents is 1. The van der Waals surface area contributed by atoms with E-state index >= 15 is 0 Å². The maximum absolute atomic E-state index is 12.3. The number of carbonyl (C=O) groups excluding carboxylic acids is 3. The van der Waals surface area contributed by atoms with Crippen molar-refractivity contribution in [1.82, 2.24) is 5.06 Å². The zero-order chi connectivity index (χ0) is 29.2. The van der Waals surface area contributed by atoms with Gasteiger partial charge in [-0.25, -0.2) is 4.79 Å². The second-order valence-electron chi connectivity index (χ2n) is 9.92. The molecule has 0 aromatic heterocycles. The summed E-state index contributed by atoms with van der Waals surface area (Å²) in [4.78, 5) is 53.3. The van der Waals surface area contributed by atoms with Crippen LogP contribution in [0, 0.1) is 10.1 Å². The summed E-state index contributed by atoms with van der Waals surface area (Å²) in [5.41, 5.74) is 2.92. The van der Waals surface area contributed by atoms with E-state index in [1.165, 1.54) is 25.3 Å². The fraction of sp³-hybridized carbons (Fsp3) is 0.370. The molecule has 2 aliphatic heterocycles. The van der Waals surface area contributed by atoms with Crippen LogP contribution < -0.4 is 9.64 Å². The van der Waals surface area contributed by atoms with Gasteiger partial charge in [0.2, 0.25) is 0 Å². The van der Waals surface area contributed by atoms with Gasteiger partial charge in [0.05, 0.1) is 22.6 Å². The molecule has 1 fully saturated rings. The molecule has 0 atom stereocenters. The average Bonchev–Trinajstić information content (AvgIpc) is 3.21. The maximum atomic E-state index is 12.3. The number of hydrogen-bond acceptors (Lipinski definition) is 10. The van der Waals surface area contributed by atoms with E-state index in [0.29, 0.717) is 29.5 Å². The van der Waals surface area contributed by atoms with Crippen molar-refractivity contribution in [3.05, 3.63) is 57.1 Å². The van der Waals surface area contributed by atoms with E-state index in [1.54, 1.807) is 0 Å². The van der Waals surface area contributed by atoms with Gasteiger partial charge in [0.25, 0.3) is 17.5 Å². The number of nitro groups is 1. The third-order valence-corrected chi connectivity index (χ3v) is 6.95. The molecule has 2 aromatic rings. The zero-order valence-corrected chi connectivity index (χ0v) is 23.2. The summed E-state index contributed by atoms with van der Waals surface area (Å²) >= 11 is 6.16. The average molecular weight is 570 g/mol. The van der Waals surface area contributed by atoms with Crippen molar-refractivity contribution in [2.45, 2.75) is 52.0 Å². The highest BCUT2D eigenvalue weighted by Crippen LogP contribution is 2.45. The Morgan fingerprint density at radius 2 is 1.80 bits per heavy atom. The van der Waals surface area contributed by atoms with Gasteiger partial charge in [-0.3, -0.25) is 19.7 Å². The van der Waals surface area contributed by atoms with Crippen molar-refractivity contribution in [3.63, 3.8) is 0 Å². The molecule has 13 heteroatoms. The van der Waals surface area contributed by atoms with Gasteiger partial charge in [-0.2, -0.15) is 0 Å². The number of fused-ring (bicyclic) bond motifs is 1. The number of imide groups is 1. The number of allylic oxidation sites excluding steroid dienone is 1. The lowest BCUT2D eigenvalue weighted by molar-refractivity contribution is -0.384. The first-order valence-electron chi connectivity index (χ1n) is 12.5. The monoisotopic (exact) mass is 569 g/mol. The maximum Gasteiger partial charge on any atom is 0.333 e. The second-order valence-corrected chi connectivity index (χ2v) is 10.3. The Bertz CT molecular complexity index is 1440. The molecule has 2 amide bonds. The summed E-state index contributed by atoms with van der Waals surface area (Å²) in [5, 5.41) is 20.1. The highest BCUT2D eigenvalue weighted by Gasteiger charge is 2.34. The molecule has 0 spiro atoms. The van der Waals surface area contributed by atoms with E-state index in [4.69, 9.17) is 21.2 Å². The summed E-state index contributed by atoms with van der Waals surface area (Å²) < 4.78 is 5.60. The minimum absolute atomic E-state index is 0.0150. The van der Waals surface area contributed by atoms with Crippen LogP contribution in [0.4, 0.5) is 22.7 Å². The fourth-order valence-corrected chi connectivity index (χ4v) is 4.94. The van der Waals surface area contributed by atoms with Gasteiger partial charge < -0.3 is 14.5 Å². The molecule has 0 aliphatic carbocycles. The molecular formula is C27H28ClN5O7. The van der Waals surface area contributed by atoms with E-state index in [0.717, 1.165) is 16.8 Å². The number of ether oxygens (including phenoxy) is 1. The number of halogens is 1. The summed E-state index contributed by atoms with van der Waals surface area (Å²) in [6.45, 7) is 6.56. The minimum Gasteiger partial charge on any atom is -0.494 e. The van der Waals surface area contributed by atoms with Crippen LogP contribution in [-0.2, 0) is 19.2 Å². The number of hydrogen-bond donors (Lipinski definition) is 0. The van der Waals surface area contributed by atoms with Crippen LogP contribution in [0.5, 0.6) is 5.75 Å². The number of carbonyl (C=O) groups is 3. The number of benzene rings is 2. The van der Waals surface area contributed by atoms with Gasteiger partial charge in [0, 0.05) is 55.3 Å². The van der Waals surface area contributed by atoms with E-state index in [-0.39, 0.29) is 35.7 Å². The molecule has 0 bridgehead atoms. The number of rotatable bonds is 9. The molecule has 1 saturated heterocycles. The van der Waals surface area contributed by atoms with Crippen molar-refractivity contribution in [2.75, 3.05) is 18.6 Å². The van der Waals surface area contributed by atoms with E-state index in [9.17, 15) is 24.5 Å². The first kappa shape index (κ1) is 28.7. The molecule has 0 radical (unpaired) electrons. The van der Waals surface area contributed by atoms with Crippen molar-refractivity contribution < 1.29 is 28.9 Å². The van der Waals surface area contributed by atoms with Gasteiger partial charge in [0.15, 0.2) is 0 Å². The number of nitro benzene ring substituents is 1. The van der Waals surface area contributed by atoms with Gasteiger partial charge in [-0.1, -0.05) is 17.7 Å². The summed E-state index contributed by atoms with van der Waals surface area (Å²) in [5.74, 6) is -1.23. The van der Waals surface area contributed by atoms with E-state index in [1.807, 2.05) is 19.1 Å². The van der Waals surface area contributed by atoms with Crippen LogP contribution in [0.2, 0.25) is 5.02 Å². The van der Waals surface area contributed by atoms with Gasteiger partial charge in [-0.15, -0.1) is 15.3 Å². The molecule has 40 heavy (non-hydrogen) atoms. The zero-order valence-electron chi connectivity index (χ0n) is 22.5. The predicted octanol–water partition coefficient (Wildman–Crippen LogP) is 6.06. The highest BCUT2D eigenvalue weighted by atomic mass is 35.5. The molecule has 0 unspecified atom stereocenters. The molecule has 2 aliphatic rings. The lowest BCUT2D eigenvalue weighted by Crippen LogP contribution is -2.45. The van der Waals surface area contributed by atoms with Crippen LogP contribution in [0.1, 0.15) is 52.0 Å². The molecule has 0 saturated carbocycles. The Balaban J connectivity index is 1.55. The standard InChI is InChI=1S/C27H28ClN5O7/c1-16-15-27(2,3)31(11-5-6-26(36)40-32-24(34)9-10-25(32)35)22-14-23(39-4)21(13-18(16)22)30-29-20-8-7-17(33(37)38)12-19(20)28/h7-8,12-15H,5-6,9-11H2,1-4H3. The summed E-state index contributed by atoms with van der Waals surface area (Å²) in [6.07, 6.45) is 2.62. The number of amides is 2. The Morgan fingerprint density at radius 3 is 2.42 bits per heavy atom. The van der Waals surface area contributed by atoms with Crippen LogP contribution in [0.15, 0.2) is 46.6 Å². The Morgan fingerprint density at radius 1 is 1.12 bits per heavy atom. The normalized spacial score (nSPS) is 16.3. The Hall–Kier alpha value is -4.32. The molecule has 12 nitrogen and oxygen atoms in total. The van der Waals surface area contributed by atoms with Gasteiger partial charge in [0.1, 0.15) is 17.1 Å². The summed E-state index contributed by atoms with van der Waals surface area (Å²) in [7, 11) is 1.51. The number of hydroxylamine groups is 2. The van der Waals surface area contributed by atoms with Crippen LogP contribution >= 0.6 is 11.6 Å². The number of azo groups is 1. The van der Waals surface area contributed by atoms with Crippen molar-refractivity contribution in [1.29, 1.82) is 0 Å². The van der Waals surface area contributed by atoms with Crippen LogP contribution in [0.3, 0.4) is 0 Å². The largest absolute Gasteiger partial charge is 0.494 e. The number of nitrogens with zero attached hydrogens (tertiary/aromatic N) is 5. The van der Waals surface area contributed by atoms with Crippen LogP contribution in [-0.4, -0.2) is 47.0 Å². The highest BCUT2D eigenvalue weighted by molar-refractivity contribution is 6.33. The minimum atomic E-state index is -0.649. The van der Waals surface area contributed by atoms with Crippen molar-refractivity contribution in [2.24, 2.45) is 10.2 Å². The number of methoxy groups -OCH3 is 1. The first-order chi connectivity index (χ1) is 18.9.